The molecule has 0 fully saturated rings. The molecule has 0 heterocycles. The normalized spacial score (nSPS) is 11.7. The molecule has 122 valence electrons. The number of methoxy groups -OCH3 is 2. The first kappa shape index (κ1) is 16.8. The molecular weight excluding hydrogens is 292 g/mol. The van der Waals surface area contributed by atoms with Gasteiger partial charge >= 0.3 is 0 Å². The SMILES string of the molecule is COc1ccc(N=Nc2cc(OC)cc(C(C)(C)C)c2O)cc1. The summed E-state index contributed by atoms with van der Waals surface area (Å²) in [4.78, 5) is 0. The first-order valence-electron chi connectivity index (χ1n) is 7.32. The third-order valence-electron chi connectivity index (χ3n) is 3.45. The van der Waals surface area contributed by atoms with Gasteiger partial charge in [0.25, 0.3) is 0 Å². The van der Waals surface area contributed by atoms with Crippen LogP contribution in [0.5, 0.6) is 17.2 Å². The summed E-state index contributed by atoms with van der Waals surface area (Å²) in [7, 11) is 3.20. The van der Waals surface area contributed by atoms with Gasteiger partial charge in [-0.15, -0.1) is 5.11 Å². The average Bonchev–Trinajstić information content (AvgIpc) is 2.53. The van der Waals surface area contributed by atoms with Crippen molar-refractivity contribution in [3.8, 4) is 17.2 Å². The number of aromatic hydroxyl groups is 1. The summed E-state index contributed by atoms with van der Waals surface area (Å²) in [6, 6.07) is 10.7. The van der Waals surface area contributed by atoms with Crippen molar-refractivity contribution in [2.75, 3.05) is 14.2 Å². The van der Waals surface area contributed by atoms with Crippen LogP contribution in [0.15, 0.2) is 46.6 Å². The fourth-order valence-electron chi connectivity index (χ4n) is 2.12. The Morgan fingerprint density at radius 1 is 0.870 bits per heavy atom. The van der Waals surface area contributed by atoms with Crippen LogP contribution in [0.4, 0.5) is 11.4 Å². The van der Waals surface area contributed by atoms with Crippen molar-refractivity contribution in [2.24, 2.45) is 10.2 Å². The van der Waals surface area contributed by atoms with E-state index in [0.29, 0.717) is 17.1 Å². The molecule has 1 N–H and O–H groups in total. The highest BCUT2D eigenvalue weighted by Gasteiger charge is 2.21. The van der Waals surface area contributed by atoms with Gasteiger partial charge in [-0.25, -0.2) is 0 Å². The number of rotatable bonds is 4. The van der Waals surface area contributed by atoms with Crippen LogP contribution >= 0.6 is 0 Å². The van der Waals surface area contributed by atoms with Crippen LogP contribution < -0.4 is 9.47 Å². The molecule has 2 aromatic carbocycles. The third kappa shape index (κ3) is 4.00. The minimum Gasteiger partial charge on any atom is -0.505 e. The largest absolute Gasteiger partial charge is 0.505 e. The van der Waals surface area contributed by atoms with Crippen LogP contribution in [-0.4, -0.2) is 19.3 Å². The molecule has 0 amide bonds. The van der Waals surface area contributed by atoms with Crippen LogP contribution in [-0.2, 0) is 5.41 Å². The van der Waals surface area contributed by atoms with Crippen LogP contribution in [0.1, 0.15) is 26.3 Å². The van der Waals surface area contributed by atoms with E-state index in [1.165, 1.54) is 0 Å². The summed E-state index contributed by atoms with van der Waals surface area (Å²) < 4.78 is 10.4. The first-order valence-corrected chi connectivity index (χ1v) is 7.32. The van der Waals surface area contributed by atoms with Gasteiger partial charge in [-0.3, -0.25) is 0 Å². The van der Waals surface area contributed by atoms with Gasteiger partial charge in [-0.1, -0.05) is 20.8 Å². The highest BCUT2D eigenvalue weighted by molar-refractivity contribution is 5.61. The summed E-state index contributed by atoms with van der Waals surface area (Å²) in [5.41, 5.74) is 1.58. The van der Waals surface area contributed by atoms with E-state index in [2.05, 4.69) is 10.2 Å². The number of phenols is 1. The fourth-order valence-corrected chi connectivity index (χ4v) is 2.12. The Bertz CT molecular complexity index is 701. The number of hydrogen-bond acceptors (Lipinski definition) is 5. The second-order valence-electron chi connectivity index (χ2n) is 6.19. The predicted molar refractivity (Wildman–Crippen MR) is 90.5 cm³/mol. The highest BCUT2D eigenvalue weighted by Crippen LogP contribution is 2.41. The van der Waals surface area contributed by atoms with Crippen molar-refractivity contribution in [1.29, 1.82) is 0 Å². The Labute approximate surface area is 136 Å². The van der Waals surface area contributed by atoms with Crippen molar-refractivity contribution in [3.63, 3.8) is 0 Å². The Hall–Kier alpha value is -2.56. The minimum atomic E-state index is -0.233. The maximum absolute atomic E-state index is 10.5. The first-order chi connectivity index (χ1) is 10.8. The van der Waals surface area contributed by atoms with E-state index < -0.39 is 0 Å². The Morgan fingerprint density at radius 3 is 2.00 bits per heavy atom. The zero-order chi connectivity index (χ0) is 17.0. The van der Waals surface area contributed by atoms with Crippen molar-refractivity contribution >= 4 is 11.4 Å². The van der Waals surface area contributed by atoms with Crippen LogP contribution in [0, 0.1) is 0 Å². The second-order valence-corrected chi connectivity index (χ2v) is 6.19. The standard InChI is InChI=1S/C18H22N2O3/c1-18(2,3)15-10-14(23-5)11-16(17(15)21)20-19-12-6-8-13(22-4)9-7-12/h6-11,21H,1-5H3. The molecule has 23 heavy (non-hydrogen) atoms. The molecule has 0 radical (unpaired) electrons. The van der Waals surface area contributed by atoms with Gasteiger partial charge in [0.15, 0.2) is 0 Å². The highest BCUT2D eigenvalue weighted by atomic mass is 16.5. The lowest BCUT2D eigenvalue weighted by atomic mass is 9.86. The van der Waals surface area contributed by atoms with E-state index in [9.17, 15) is 5.11 Å². The Kier molecular flexibility index (Phi) is 4.89. The van der Waals surface area contributed by atoms with Crippen LogP contribution in [0.2, 0.25) is 0 Å². The fraction of sp³-hybridized carbons (Fsp3) is 0.333. The van der Waals surface area contributed by atoms with Gasteiger partial charge in [0.2, 0.25) is 0 Å². The summed E-state index contributed by atoms with van der Waals surface area (Å²) in [5.74, 6) is 1.51. The van der Waals surface area contributed by atoms with Gasteiger partial charge in [-0.05, 0) is 35.7 Å². The molecule has 0 aliphatic carbocycles. The average molecular weight is 314 g/mol. The third-order valence-corrected chi connectivity index (χ3v) is 3.45. The molecule has 5 heteroatoms. The lowest BCUT2D eigenvalue weighted by molar-refractivity contribution is 0.406. The number of nitrogens with zero attached hydrogens (tertiary/aromatic N) is 2. The van der Waals surface area contributed by atoms with E-state index >= 15 is 0 Å². The maximum Gasteiger partial charge on any atom is 0.147 e. The van der Waals surface area contributed by atoms with Gasteiger partial charge in [0.1, 0.15) is 22.9 Å². The van der Waals surface area contributed by atoms with E-state index in [1.807, 2.05) is 26.8 Å². The molecule has 0 spiro atoms. The zero-order valence-corrected chi connectivity index (χ0v) is 14.1. The second kappa shape index (κ2) is 6.69. The number of azo groups is 1. The molecule has 0 saturated heterocycles. The van der Waals surface area contributed by atoms with Gasteiger partial charge in [-0.2, -0.15) is 5.11 Å². The van der Waals surface area contributed by atoms with Gasteiger partial charge in [0.05, 0.1) is 19.9 Å². The van der Waals surface area contributed by atoms with E-state index in [-0.39, 0.29) is 11.2 Å². The van der Waals surface area contributed by atoms with E-state index in [0.717, 1.165) is 11.3 Å². The molecule has 5 nitrogen and oxygen atoms in total. The zero-order valence-electron chi connectivity index (χ0n) is 14.1. The number of hydrogen-bond donors (Lipinski definition) is 1. The Morgan fingerprint density at radius 2 is 1.48 bits per heavy atom. The molecule has 0 aliphatic rings. The molecule has 0 aliphatic heterocycles. The molecule has 2 aromatic rings. The molecule has 0 bridgehead atoms. The lowest BCUT2D eigenvalue weighted by Crippen LogP contribution is -2.11. The van der Waals surface area contributed by atoms with Crippen LogP contribution in [0.3, 0.4) is 0 Å². The van der Waals surface area contributed by atoms with Crippen LogP contribution in [0.25, 0.3) is 0 Å². The van der Waals surface area contributed by atoms with Gasteiger partial charge < -0.3 is 14.6 Å². The van der Waals surface area contributed by atoms with Crippen molar-refractivity contribution in [1.82, 2.24) is 0 Å². The molecule has 0 aromatic heterocycles. The molecular formula is C18H22N2O3. The quantitative estimate of drug-likeness (QED) is 0.796. The summed E-state index contributed by atoms with van der Waals surface area (Å²) in [6.45, 7) is 6.06. The number of phenolic OH excluding ortho intramolecular Hbond substituents is 1. The maximum atomic E-state index is 10.5. The number of benzene rings is 2. The molecule has 2 rings (SSSR count). The van der Waals surface area contributed by atoms with Crippen molar-refractivity contribution in [3.05, 3.63) is 42.0 Å². The summed E-state index contributed by atoms with van der Waals surface area (Å²) >= 11 is 0. The van der Waals surface area contributed by atoms with Crippen molar-refractivity contribution < 1.29 is 14.6 Å². The van der Waals surface area contributed by atoms with Gasteiger partial charge in [0, 0.05) is 11.6 Å². The molecule has 0 saturated carbocycles. The smallest absolute Gasteiger partial charge is 0.147 e. The molecule has 0 atom stereocenters. The topological polar surface area (TPSA) is 63.4 Å². The predicted octanol–water partition coefficient (Wildman–Crippen LogP) is 5.12. The monoisotopic (exact) mass is 314 g/mol. The minimum absolute atomic E-state index is 0.121. The summed E-state index contributed by atoms with van der Waals surface area (Å²) in [6.07, 6.45) is 0. The lowest BCUT2D eigenvalue weighted by Gasteiger charge is -2.21. The van der Waals surface area contributed by atoms with E-state index in [4.69, 9.17) is 9.47 Å². The summed E-state index contributed by atoms with van der Waals surface area (Å²) in [5, 5.41) is 18.8. The Balaban J connectivity index is 2.39. The van der Waals surface area contributed by atoms with Crippen molar-refractivity contribution in [2.45, 2.75) is 26.2 Å². The van der Waals surface area contributed by atoms with E-state index in [1.54, 1.807) is 44.6 Å². The molecule has 0 unspecified atom stereocenters. The number of ether oxygens (including phenoxy) is 2.